The van der Waals surface area contributed by atoms with Crippen LogP contribution in [0.15, 0.2) is 0 Å². The van der Waals surface area contributed by atoms with Crippen LogP contribution in [0.3, 0.4) is 0 Å². The second kappa shape index (κ2) is 4.05. The minimum Gasteiger partial charge on any atom is -0.116 e. The molecule has 0 spiro atoms. The SMILES string of the molecule is CC1=IC(C)(C)C(C(C)(C)C)(C(C)(C)C)C1(C)C. The standard InChI is InChI=1S/C17H33I/c1-12-15(8,9)17(13(2,3)4,14(5,6)7)16(10,11)18-12/h1-11H3. The van der Waals surface area contributed by atoms with E-state index in [2.05, 4.69) is 76.2 Å². The highest BCUT2D eigenvalue weighted by Crippen LogP contribution is 2.74. The summed E-state index contributed by atoms with van der Waals surface area (Å²) in [5.41, 5.74) is 1.31. The topological polar surface area (TPSA) is 0 Å². The minimum absolute atomic E-state index is 0.138. The van der Waals surface area contributed by atoms with Crippen molar-refractivity contribution in [2.45, 2.75) is 79.6 Å². The molecule has 0 saturated heterocycles. The van der Waals surface area contributed by atoms with Crippen LogP contribution >= 0.6 is 20.7 Å². The van der Waals surface area contributed by atoms with Gasteiger partial charge in [-0.25, -0.2) is 0 Å². The van der Waals surface area contributed by atoms with Crippen LogP contribution < -0.4 is 0 Å². The van der Waals surface area contributed by atoms with E-state index in [9.17, 15) is 0 Å². The van der Waals surface area contributed by atoms with Gasteiger partial charge < -0.3 is 0 Å². The third kappa shape index (κ3) is 1.78. The summed E-state index contributed by atoms with van der Waals surface area (Å²) in [6, 6.07) is 0. The molecule has 0 unspecified atom stereocenters. The van der Waals surface area contributed by atoms with Crippen molar-refractivity contribution in [1.82, 2.24) is 0 Å². The molecule has 0 saturated carbocycles. The quantitative estimate of drug-likeness (QED) is 0.363. The first kappa shape index (κ1) is 16.7. The fraction of sp³-hybridized carbons (Fsp3) is 0.941. The van der Waals surface area contributed by atoms with Gasteiger partial charge in [-0.15, -0.1) is 20.7 Å². The average molecular weight is 364 g/mol. The van der Waals surface area contributed by atoms with Gasteiger partial charge in [0.2, 0.25) is 0 Å². The molecule has 0 N–H and O–H groups in total. The highest BCUT2D eigenvalue weighted by Gasteiger charge is 2.69. The molecule has 1 aliphatic heterocycles. The van der Waals surface area contributed by atoms with Crippen LogP contribution in [0.25, 0.3) is 0 Å². The Hall–Kier alpha value is 0.600. The largest absolute Gasteiger partial charge is 0.116 e. The van der Waals surface area contributed by atoms with E-state index < -0.39 is 0 Å². The number of hydrogen-bond donors (Lipinski definition) is 0. The summed E-state index contributed by atoms with van der Waals surface area (Å²) in [4.78, 5) is 0. The fourth-order valence-corrected chi connectivity index (χ4v) is 12.1. The molecule has 18 heavy (non-hydrogen) atoms. The zero-order chi connectivity index (χ0) is 14.8. The number of hydrogen-bond acceptors (Lipinski definition) is 0. The highest BCUT2D eigenvalue weighted by molar-refractivity contribution is 14.2. The minimum atomic E-state index is 0.138. The lowest BCUT2D eigenvalue weighted by Crippen LogP contribution is -2.63. The van der Waals surface area contributed by atoms with Crippen LogP contribution in [0.2, 0.25) is 0 Å². The predicted octanol–water partition coefficient (Wildman–Crippen LogP) is 6.05. The van der Waals surface area contributed by atoms with Crippen LogP contribution in [-0.2, 0) is 0 Å². The summed E-state index contributed by atoms with van der Waals surface area (Å²) < 4.78 is 2.24. The summed E-state index contributed by atoms with van der Waals surface area (Å²) in [7, 11) is 0. The summed E-state index contributed by atoms with van der Waals surface area (Å²) >= 11 is 0.138. The normalized spacial score (nSPS) is 26.5. The Balaban J connectivity index is 3.75. The van der Waals surface area contributed by atoms with E-state index in [1.54, 1.807) is 3.51 Å². The van der Waals surface area contributed by atoms with Crippen LogP contribution in [0.1, 0.15) is 76.2 Å². The van der Waals surface area contributed by atoms with Gasteiger partial charge in [0.15, 0.2) is 0 Å². The van der Waals surface area contributed by atoms with Crippen molar-refractivity contribution in [3.8, 4) is 0 Å². The zero-order valence-electron chi connectivity index (χ0n) is 14.4. The van der Waals surface area contributed by atoms with Crippen molar-refractivity contribution in [1.29, 1.82) is 0 Å². The van der Waals surface area contributed by atoms with Gasteiger partial charge in [-0.3, -0.25) is 0 Å². The van der Waals surface area contributed by atoms with Gasteiger partial charge in [0.05, 0.1) is 0 Å². The Morgan fingerprint density at radius 1 is 0.778 bits per heavy atom. The lowest BCUT2D eigenvalue weighted by Gasteiger charge is -2.65. The van der Waals surface area contributed by atoms with Crippen LogP contribution in [0.5, 0.6) is 0 Å². The van der Waals surface area contributed by atoms with Gasteiger partial charge in [0.25, 0.3) is 0 Å². The molecule has 0 aromatic heterocycles. The molecule has 1 heterocycles. The first-order valence-electron chi connectivity index (χ1n) is 7.13. The highest BCUT2D eigenvalue weighted by atomic mass is 127. The van der Waals surface area contributed by atoms with Crippen molar-refractivity contribution in [3.05, 3.63) is 0 Å². The third-order valence-electron chi connectivity index (χ3n) is 5.32. The van der Waals surface area contributed by atoms with E-state index >= 15 is 0 Å². The molecule has 0 aromatic rings. The molecule has 0 bridgehead atoms. The molecule has 0 aromatic carbocycles. The van der Waals surface area contributed by atoms with Crippen molar-refractivity contribution in [2.75, 3.05) is 0 Å². The van der Waals surface area contributed by atoms with Crippen LogP contribution in [-0.4, -0.2) is 6.93 Å². The van der Waals surface area contributed by atoms with E-state index in [-0.39, 0.29) is 20.7 Å². The maximum atomic E-state index is 2.54. The Labute approximate surface area is 125 Å². The molecular formula is C17H33I. The maximum absolute atomic E-state index is 2.54. The second-order valence-corrected chi connectivity index (χ2v) is 13.8. The van der Waals surface area contributed by atoms with E-state index in [0.29, 0.717) is 25.1 Å². The Morgan fingerprint density at radius 3 is 1.22 bits per heavy atom. The molecule has 0 amide bonds. The second-order valence-electron chi connectivity index (χ2n) is 8.98. The molecule has 1 rings (SSSR count). The van der Waals surface area contributed by atoms with Crippen molar-refractivity contribution in [3.63, 3.8) is 0 Å². The molecule has 1 heteroatoms. The van der Waals surface area contributed by atoms with Crippen molar-refractivity contribution in [2.24, 2.45) is 21.7 Å². The van der Waals surface area contributed by atoms with E-state index in [0.717, 1.165) is 0 Å². The number of alkyl halides is 1. The van der Waals surface area contributed by atoms with Gasteiger partial charge in [0, 0.05) is 8.84 Å². The average Bonchev–Trinajstić information content (AvgIpc) is 2.08. The first-order chi connectivity index (χ1) is 7.63. The van der Waals surface area contributed by atoms with Crippen molar-refractivity contribution >= 4 is 24.2 Å². The van der Waals surface area contributed by atoms with Crippen LogP contribution in [0.4, 0.5) is 0 Å². The van der Waals surface area contributed by atoms with Gasteiger partial charge in [0.1, 0.15) is 0 Å². The number of halogens is 1. The summed E-state index contributed by atoms with van der Waals surface area (Å²) in [6.07, 6.45) is 0. The Morgan fingerprint density at radius 2 is 1.11 bits per heavy atom. The summed E-state index contributed by atoms with van der Waals surface area (Å²) in [5.74, 6) is 0. The predicted molar refractivity (Wildman–Crippen MR) is 93.9 cm³/mol. The van der Waals surface area contributed by atoms with Gasteiger partial charge >= 0.3 is 0 Å². The molecule has 0 nitrogen and oxygen atoms in total. The fourth-order valence-electron chi connectivity index (χ4n) is 6.33. The lowest BCUT2D eigenvalue weighted by atomic mass is 9.40. The van der Waals surface area contributed by atoms with E-state index in [1.807, 2.05) is 0 Å². The van der Waals surface area contributed by atoms with Gasteiger partial charge in [-0.2, -0.15) is 0 Å². The monoisotopic (exact) mass is 364 g/mol. The lowest BCUT2D eigenvalue weighted by molar-refractivity contribution is -0.115. The number of rotatable bonds is 0. The van der Waals surface area contributed by atoms with E-state index in [4.69, 9.17) is 0 Å². The molecule has 0 fully saturated rings. The third-order valence-corrected chi connectivity index (χ3v) is 9.63. The van der Waals surface area contributed by atoms with Crippen molar-refractivity contribution < 1.29 is 0 Å². The molecule has 108 valence electrons. The molecule has 1 aliphatic rings. The molecular weight excluding hydrogens is 331 g/mol. The molecule has 0 atom stereocenters. The summed E-state index contributed by atoms with van der Waals surface area (Å²) in [6.45, 7) is 27.3. The first-order valence-corrected chi connectivity index (χ1v) is 9.29. The summed E-state index contributed by atoms with van der Waals surface area (Å²) in [5, 5.41) is 0. The van der Waals surface area contributed by atoms with Gasteiger partial charge in [-0.05, 0) is 26.7 Å². The molecule has 0 radical (unpaired) electrons. The van der Waals surface area contributed by atoms with Gasteiger partial charge in [-0.1, -0.05) is 69.2 Å². The van der Waals surface area contributed by atoms with E-state index in [1.165, 1.54) is 0 Å². The van der Waals surface area contributed by atoms with Crippen LogP contribution in [0, 0.1) is 21.7 Å². The Bertz CT molecular complexity index is 355. The zero-order valence-corrected chi connectivity index (χ0v) is 16.5. The maximum Gasteiger partial charge on any atom is 0.0192 e. The molecule has 0 aliphatic carbocycles. The smallest absolute Gasteiger partial charge is 0.0192 e. The Kier molecular flexibility index (Phi) is 3.75.